The smallest absolute Gasteiger partial charge is 0.235 e. The van der Waals surface area contributed by atoms with Crippen LogP contribution in [0.25, 0.3) is 0 Å². The standard InChI is InChI=1S/C20H25N3O2S/c1-16(26-19-5-3-18(25-2)4-6-19)20(24)23-13-11-22(12-14-23)15-17-7-9-21-10-8-17/h3-10,16H,11-15H2,1-2H3/t16-/m1/s1. The molecule has 0 N–H and O–H groups in total. The highest BCUT2D eigenvalue weighted by atomic mass is 32.2. The molecule has 1 atom stereocenters. The van der Waals surface area contributed by atoms with Crippen molar-refractivity contribution in [2.45, 2.75) is 23.6 Å². The van der Waals surface area contributed by atoms with E-state index in [4.69, 9.17) is 4.74 Å². The molecule has 2 aromatic rings. The Balaban J connectivity index is 1.47. The Morgan fingerprint density at radius 3 is 2.38 bits per heavy atom. The lowest BCUT2D eigenvalue weighted by atomic mass is 10.2. The van der Waals surface area contributed by atoms with E-state index in [0.717, 1.165) is 43.4 Å². The van der Waals surface area contributed by atoms with Gasteiger partial charge in [-0.05, 0) is 48.9 Å². The first kappa shape index (κ1) is 18.7. The van der Waals surface area contributed by atoms with Gasteiger partial charge in [0.05, 0.1) is 12.4 Å². The van der Waals surface area contributed by atoms with Crippen molar-refractivity contribution < 1.29 is 9.53 Å². The summed E-state index contributed by atoms with van der Waals surface area (Å²) in [7, 11) is 1.66. The van der Waals surface area contributed by atoms with Gasteiger partial charge in [0.15, 0.2) is 0 Å². The molecule has 138 valence electrons. The second-order valence-corrected chi connectivity index (χ2v) is 7.81. The Hall–Kier alpha value is -2.05. The number of pyridine rings is 1. The van der Waals surface area contributed by atoms with Gasteiger partial charge >= 0.3 is 0 Å². The van der Waals surface area contributed by atoms with Gasteiger partial charge in [-0.3, -0.25) is 14.7 Å². The average molecular weight is 372 g/mol. The SMILES string of the molecule is COc1ccc(S[C@H](C)C(=O)N2CCN(Cc3ccncc3)CC2)cc1. The van der Waals surface area contributed by atoms with Crippen LogP contribution in [0, 0.1) is 0 Å². The summed E-state index contributed by atoms with van der Waals surface area (Å²) in [6, 6.07) is 11.9. The molecule has 1 fully saturated rings. The van der Waals surface area contributed by atoms with Crippen molar-refractivity contribution in [3.63, 3.8) is 0 Å². The molecule has 6 heteroatoms. The summed E-state index contributed by atoms with van der Waals surface area (Å²) in [5.74, 6) is 1.05. The number of hydrogen-bond donors (Lipinski definition) is 0. The number of piperazine rings is 1. The maximum atomic E-state index is 12.7. The van der Waals surface area contributed by atoms with E-state index in [2.05, 4.69) is 9.88 Å². The van der Waals surface area contributed by atoms with Crippen LogP contribution < -0.4 is 4.74 Å². The molecule has 0 radical (unpaired) electrons. The predicted octanol–water partition coefficient (Wildman–Crippen LogP) is 2.92. The van der Waals surface area contributed by atoms with Gasteiger partial charge in [-0.1, -0.05) is 0 Å². The van der Waals surface area contributed by atoms with Crippen molar-refractivity contribution in [2.24, 2.45) is 0 Å². The zero-order valence-corrected chi connectivity index (χ0v) is 16.1. The number of carbonyl (C=O) groups excluding carboxylic acids is 1. The Labute approximate surface area is 159 Å². The molecule has 1 aromatic heterocycles. The summed E-state index contributed by atoms with van der Waals surface area (Å²) in [6.45, 7) is 6.30. The number of amides is 1. The van der Waals surface area contributed by atoms with E-state index in [1.54, 1.807) is 18.9 Å². The predicted molar refractivity (Wildman–Crippen MR) is 104 cm³/mol. The van der Waals surface area contributed by atoms with Gasteiger partial charge < -0.3 is 9.64 Å². The van der Waals surface area contributed by atoms with E-state index in [-0.39, 0.29) is 11.2 Å². The van der Waals surface area contributed by atoms with Gasteiger partial charge in [-0.25, -0.2) is 0 Å². The van der Waals surface area contributed by atoms with Crippen LogP contribution in [0.4, 0.5) is 0 Å². The zero-order chi connectivity index (χ0) is 18.4. The Bertz CT molecular complexity index is 701. The number of methoxy groups -OCH3 is 1. The fourth-order valence-corrected chi connectivity index (χ4v) is 3.99. The summed E-state index contributed by atoms with van der Waals surface area (Å²) in [6.07, 6.45) is 3.65. The van der Waals surface area contributed by atoms with Crippen LogP contribution in [-0.2, 0) is 11.3 Å². The molecule has 1 aliphatic rings. The van der Waals surface area contributed by atoms with Crippen LogP contribution in [0.2, 0.25) is 0 Å². The van der Waals surface area contributed by atoms with Crippen molar-refractivity contribution in [3.05, 3.63) is 54.4 Å². The number of ether oxygens (including phenoxy) is 1. The summed E-state index contributed by atoms with van der Waals surface area (Å²) < 4.78 is 5.18. The van der Waals surface area contributed by atoms with E-state index < -0.39 is 0 Å². The van der Waals surface area contributed by atoms with Crippen molar-refractivity contribution >= 4 is 17.7 Å². The van der Waals surface area contributed by atoms with Crippen LogP contribution in [0.5, 0.6) is 5.75 Å². The Kier molecular flexibility index (Phi) is 6.52. The molecule has 5 nitrogen and oxygen atoms in total. The first-order chi connectivity index (χ1) is 12.7. The van der Waals surface area contributed by atoms with E-state index in [0.29, 0.717) is 0 Å². The van der Waals surface area contributed by atoms with Crippen molar-refractivity contribution in [2.75, 3.05) is 33.3 Å². The highest BCUT2D eigenvalue weighted by Gasteiger charge is 2.25. The average Bonchev–Trinajstić information content (AvgIpc) is 2.69. The maximum Gasteiger partial charge on any atom is 0.235 e. The summed E-state index contributed by atoms with van der Waals surface area (Å²) in [5.41, 5.74) is 1.27. The molecule has 26 heavy (non-hydrogen) atoms. The molecule has 2 heterocycles. The third-order valence-electron chi connectivity index (χ3n) is 4.56. The molecule has 1 amide bonds. The summed E-state index contributed by atoms with van der Waals surface area (Å²) in [4.78, 5) is 22.3. The fraction of sp³-hybridized carbons (Fsp3) is 0.400. The molecule has 0 bridgehead atoms. The van der Waals surface area contributed by atoms with Crippen LogP contribution in [0.3, 0.4) is 0 Å². The number of nitrogens with zero attached hydrogens (tertiary/aromatic N) is 3. The number of rotatable bonds is 6. The van der Waals surface area contributed by atoms with E-state index >= 15 is 0 Å². The van der Waals surface area contributed by atoms with E-state index in [1.165, 1.54) is 5.56 Å². The normalized spacial score (nSPS) is 16.3. The second kappa shape index (κ2) is 9.05. The lowest BCUT2D eigenvalue weighted by Crippen LogP contribution is -2.50. The minimum atomic E-state index is -0.0878. The Morgan fingerprint density at radius 2 is 1.77 bits per heavy atom. The number of carbonyl (C=O) groups is 1. The summed E-state index contributed by atoms with van der Waals surface area (Å²) >= 11 is 1.60. The third kappa shape index (κ3) is 4.99. The van der Waals surface area contributed by atoms with Crippen LogP contribution in [0.15, 0.2) is 53.7 Å². The quantitative estimate of drug-likeness (QED) is 0.731. The lowest BCUT2D eigenvalue weighted by molar-refractivity contribution is -0.132. The number of benzene rings is 1. The maximum absolute atomic E-state index is 12.7. The topological polar surface area (TPSA) is 45.7 Å². The van der Waals surface area contributed by atoms with Crippen LogP contribution in [-0.4, -0.2) is 59.2 Å². The molecule has 1 saturated heterocycles. The van der Waals surface area contributed by atoms with Crippen LogP contribution >= 0.6 is 11.8 Å². The molecular weight excluding hydrogens is 346 g/mol. The summed E-state index contributed by atoms with van der Waals surface area (Å²) in [5, 5.41) is -0.0878. The number of thioether (sulfide) groups is 1. The third-order valence-corrected chi connectivity index (χ3v) is 5.66. The molecule has 0 saturated carbocycles. The molecule has 0 unspecified atom stereocenters. The molecule has 0 aliphatic carbocycles. The lowest BCUT2D eigenvalue weighted by Gasteiger charge is -2.35. The van der Waals surface area contributed by atoms with Gasteiger partial charge in [-0.2, -0.15) is 0 Å². The number of aromatic nitrogens is 1. The minimum absolute atomic E-state index is 0.0878. The highest BCUT2D eigenvalue weighted by Crippen LogP contribution is 2.26. The van der Waals surface area contributed by atoms with Gasteiger partial charge in [0.1, 0.15) is 5.75 Å². The molecule has 0 spiro atoms. The second-order valence-electron chi connectivity index (χ2n) is 6.39. The minimum Gasteiger partial charge on any atom is -0.497 e. The molecule has 1 aromatic carbocycles. The first-order valence-electron chi connectivity index (χ1n) is 8.86. The molecule has 1 aliphatic heterocycles. The highest BCUT2D eigenvalue weighted by molar-refractivity contribution is 8.00. The largest absolute Gasteiger partial charge is 0.497 e. The number of hydrogen-bond acceptors (Lipinski definition) is 5. The van der Waals surface area contributed by atoms with Gasteiger partial charge in [0.25, 0.3) is 0 Å². The fourth-order valence-electron chi connectivity index (χ4n) is 3.04. The van der Waals surface area contributed by atoms with Gasteiger partial charge in [-0.15, -0.1) is 11.8 Å². The van der Waals surface area contributed by atoms with Gasteiger partial charge in [0, 0.05) is 50.0 Å². The Morgan fingerprint density at radius 1 is 1.12 bits per heavy atom. The van der Waals surface area contributed by atoms with Crippen molar-refractivity contribution in [3.8, 4) is 5.75 Å². The van der Waals surface area contributed by atoms with E-state index in [1.807, 2.05) is 60.6 Å². The van der Waals surface area contributed by atoms with Crippen molar-refractivity contribution in [1.82, 2.24) is 14.8 Å². The van der Waals surface area contributed by atoms with Gasteiger partial charge in [0.2, 0.25) is 5.91 Å². The monoisotopic (exact) mass is 371 g/mol. The zero-order valence-electron chi connectivity index (χ0n) is 15.3. The van der Waals surface area contributed by atoms with Crippen molar-refractivity contribution in [1.29, 1.82) is 0 Å². The van der Waals surface area contributed by atoms with Crippen LogP contribution in [0.1, 0.15) is 12.5 Å². The van der Waals surface area contributed by atoms with E-state index in [9.17, 15) is 4.79 Å². The molecular formula is C20H25N3O2S. The first-order valence-corrected chi connectivity index (χ1v) is 9.74. The molecule has 3 rings (SSSR count).